The number of likely N-dealkylation sites (tertiary alicyclic amines) is 1. The zero-order valence-electron chi connectivity index (χ0n) is 23.3. The standard InChI is InChI=1S/C30H39FN4O4/c1-17-13-22(10-9-20(17)15-23-14-18(2)33-34-28(23)37)27(36)32-19(3)29(38)35-25(11-12-26(35)30(4,5)39)21-7-6-8-24(31)16-21/h6-10,13,16,18-19,23,25-26,33,39H,11-12,14-15H2,1-5H3,(H,32,36)(H,34,37)/t18?,19-,23?,25+,26-/m1/s1. The van der Waals surface area contributed by atoms with Crippen molar-refractivity contribution in [2.45, 2.75) is 90.1 Å². The minimum absolute atomic E-state index is 0.0375. The maximum atomic E-state index is 14.0. The molecule has 2 saturated heterocycles. The van der Waals surface area contributed by atoms with Crippen LogP contribution in [0.2, 0.25) is 0 Å². The molecule has 2 heterocycles. The minimum Gasteiger partial charge on any atom is -0.388 e. The number of hydrazine groups is 1. The number of hydrogen-bond acceptors (Lipinski definition) is 5. The van der Waals surface area contributed by atoms with Crippen molar-refractivity contribution < 1.29 is 23.9 Å². The van der Waals surface area contributed by atoms with Gasteiger partial charge in [0.1, 0.15) is 11.9 Å². The first-order chi connectivity index (χ1) is 18.3. The molecular weight excluding hydrogens is 499 g/mol. The van der Waals surface area contributed by atoms with E-state index in [2.05, 4.69) is 16.2 Å². The lowest BCUT2D eigenvalue weighted by Crippen LogP contribution is -2.54. The molecule has 0 saturated carbocycles. The van der Waals surface area contributed by atoms with E-state index in [-0.39, 0.29) is 35.5 Å². The number of rotatable bonds is 7. The van der Waals surface area contributed by atoms with Gasteiger partial charge in [-0.1, -0.05) is 18.2 Å². The third kappa shape index (κ3) is 6.47. The van der Waals surface area contributed by atoms with Crippen LogP contribution in [0.1, 0.15) is 80.0 Å². The third-order valence-electron chi connectivity index (χ3n) is 7.93. The third-order valence-corrected chi connectivity index (χ3v) is 7.93. The SMILES string of the molecule is Cc1cc(C(=O)N[C@H](C)C(=O)N2[C@H](c3cccc(F)c3)CC[C@@H]2C(C)(C)O)ccc1CC1CC(C)NNC1=O. The average molecular weight is 539 g/mol. The van der Waals surface area contributed by atoms with Gasteiger partial charge >= 0.3 is 0 Å². The number of nitrogens with one attached hydrogen (secondary N) is 3. The normalized spacial score (nSPS) is 24.3. The molecule has 0 radical (unpaired) electrons. The molecule has 0 bridgehead atoms. The molecular formula is C30H39FN4O4. The van der Waals surface area contributed by atoms with Crippen molar-refractivity contribution in [2.75, 3.05) is 0 Å². The monoisotopic (exact) mass is 538 g/mol. The topological polar surface area (TPSA) is 111 Å². The number of carbonyl (C=O) groups excluding carboxylic acids is 3. The first-order valence-electron chi connectivity index (χ1n) is 13.6. The van der Waals surface area contributed by atoms with Gasteiger partial charge < -0.3 is 15.3 Å². The Bertz CT molecular complexity index is 1240. The smallest absolute Gasteiger partial charge is 0.251 e. The van der Waals surface area contributed by atoms with Crippen molar-refractivity contribution in [3.05, 3.63) is 70.5 Å². The highest BCUT2D eigenvalue weighted by atomic mass is 19.1. The fraction of sp³-hybridized carbons (Fsp3) is 0.500. The molecule has 4 rings (SSSR count). The highest BCUT2D eigenvalue weighted by molar-refractivity contribution is 5.97. The summed E-state index contributed by atoms with van der Waals surface area (Å²) in [6.45, 7) is 8.87. The summed E-state index contributed by atoms with van der Waals surface area (Å²) < 4.78 is 14.0. The molecule has 3 amide bonds. The number of amides is 3. The van der Waals surface area contributed by atoms with E-state index in [0.29, 0.717) is 30.4 Å². The van der Waals surface area contributed by atoms with Crippen LogP contribution >= 0.6 is 0 Å². The fourth-order valence-corrected chi connectivity index (χ4v) is 5.82. The Kier molecular flexibility index (Phi) is 8.42. The Labute approximate surface area is 229 Å². The molecule has 2 unspecified atom stereocenters. The second kappa shape index (κ2) is 11.4. The van der Waals surface area contributed by atoms with Crippen LogP contribution in [0.3, 0.4) is 0 Å². The van der Waals surface area contributed by atoms with Gasteiger partial charge in [0, 0.05) is 17.5 Å². The summed E-state index contributed by atoms with van der Waals surface area (Å²) in [6.07, 6.45) is 2.45. The summed E-state index contributed by atoms with van der Waals surface area (Å²) in [6, 6.07) is 9.95. The number of aryl methyl sites for hydroxylation is 1. The Morgan fingerprint density at radius 1 is 1.21 bits per heavy atom. The van der Waals surface area contributed by atoms with E-state index >= 15 is 0 Å². The van der Waals surface area contributed by atoms with Crippen molar-refractivity contribution in [3.8, 4) is 0 Å². The molecule has 39 heavy (non-hydrogen) atoms. The molecule has 4 N–H and O–H groups in total. The van der Waals surface area contributed by atoms with E-state index in [4.69, 9.17) is 0 Å². The summed E-state index contributed by atoms with van der Waals surface area (Å²) in [5, 5.41) is 13.6. The van der Waals surface area contributed by atoms with Crippen molar-refractivity contribution in [3.63, 3.8) is 0 Å². The van der Waals surface area contributed by atoms with Crippen LogP contribution in [-0.2, 0) is 16.0 Å². The van der Waals surface area contributed by atoms with E-state index in [1.165, 1.54) is 12.1 Å². The van der Waals surface area contributed by atoms with Gasteiger partial charge in [-0.3, -0.25) is 19.8 Å². The summed E-state index contributed by atoms with van der Waals surface area (Å²) in [7, 11) is 0. The highest BCUT2D eigenvalue weighted by Gasteiger charge is 2.45. The van der Waals surface area contributed by atoms with E-state index in [0.717, 1.165) is 17.5 Å². The molecule has 8 nitrogen and oxygen atoms in total. The molecule has 2 fully saturated rings. The molecule has 2 aromatic carbocycles. The van der Waals surface area contributed by atoms with Crippen LogP contribution in [0.15, 0.2) is 42.5 Å². The van der Waals surface area contributed by atoms with Crippen LogP contribution in [0.5, 0.6) is 0 Å². The number of nitrogens with zero attached hydrogens (tertiary/aromatic N) is 1. The van der Waals surface area contributed by atoms with Gasteiger partial charge in [-0.15, -0.1) is 0 Å². The second-order valence-electron chi connectivity index (χ2n) is 11.6. The van der Waals surface area contributed by atoms with Gasteiger partial charge in [-0.05, 0) is 101 Å². The maximum absolute atomic E-state index is 14.0. The van der Waals surface area contributed by atoms with Crippen LogP contribution < -0.4 is 16.2 Å². The van der Waals surface area contributed by atoms with Crippen LogP contribution in [0.4, 0.5) is 4.39 Å². The Morgan fingerprint density at radius 3 is 2.62 bits per heavy atom. The average Bonchev–Trinajstić information content (AvgIpc) is 3.33. The van der Waals surface area contributed by atoms with Gasteiger partial charge in [0.15, 0.2) is 0 Å². The van der Waals surface area contributed by atoms with Gasteiger partial charge in [0.25, 0.3) is 5.91 Å². The first kappa shape index (κ1) is 28.7. The summed E-state index contributed by atoms with van der Waals surface area (Å²) in [5.74, 6) is -1.29. The number of aliphatic hydroxyl groups is 1. The van der Waals surface area contributed by atoms with Crippen molar-refractivity contribution in [2.24, 2.45) is 5.92 Å². The van der Waals surface area contributed by atoms with E-state index in [9.17, 15) is 23.9 Å². The van der Waals surface area contributed by atoms with E-state index in [1.807, 2.05) is 19.9 Å². The Balaban J connectivity index is 1.48. The van der Waals surface area contributed by atoms with Gasteiger partial charge in [-0.25, -0.2) is 9.82 Å². The lowest BCUT2D eigenvalue weighted by Gasteiger charge is -2.38. The molecule has 2 aliphatic heterocycles. The number of hydrogen-bond donors (Lipinski definition) is 4. The fourth-order valence-electron chi connectivity index (χ4n) is 5.82. The predicted molar refractivity (Wildman–Crippen MR) is 146 cm³/mol. The predicted octanol–water partition coefficient (Wildman–Crippen LogP) is 3.33. The van der Waals surface area contributed by atoms with E-state index in [1.54, 1.807) is 49.9 Å². The molecule has 210 valence electrons. The number of halogens is 1. The zero-order chi connectivity index (χ0) is 28.5. The molecule has 2 aromatic rings. The van der Waals surface area contributed by atoms with Crippen molar-refractivity contribution >= 4 is 17.7 Å². The summed E-state index contributed by atoms with van der Waals surface area (Å²) >= 11 is 0. The van der Waals surface area contributed by atoms with Gasteiger partial charge in [-0.2, -0.15) is 0 Å². The molecule has 0 spiro atoms. The molecule has 0 aromatic heterocycles. The number of carbonyl (C=O) groups is 3. The second-order valence-corrected chi connectivity index (χ2v) is 11.6. The quantitative estimate of drug-likeness (QED) is 0.432. The molecule has 9 heteroatoms. The summed E-state index contributed by atoms with van der Waals surface area (Å²) in [4.78, 5) is 40.7. The van der Waals surface area contributed by atoms with Crippen LogP contribution in [0.25, 0.3) is 0 Å². The Morgan fingerprint density at radius 2 is 1.95 bits per heavy atom. The highest BCUT2D eigenvalue weighted by Crippen LogP contribution is 2.40. The molecule has 0 aliphatic carbocycles. The maximum Gasteiger partial charge on any atom is 0.251 e. The van der Waals surface area contributed by atoms with Gasteiger partial charge in [0.05, 0.1) is 17.7 Å². The zero-order valence-corrected chi connectivity index (χ0v) is 23.3. The largest absolute Gasteiger partial charge is 0.388 e. The molecule has 2 aliphatic rings. The van der Waals surface area contributed by atoms with E-state index < -0.39 is 23.7 Å². The lowest BCUT2D eigenvalue weighted by molar-refractivity contribution is -0.141. The van der Waals surface area contributed by atoms with Crippen molar-refractivity contribution in [1.29, 1.82) is 0 Å². The number of benzene rings is 2. The molecule has 5 atom stereocenters. The minimum atomic E-state index is -1.17. The van der Waals surface area contributed by atoms with Crippen molar-refractivity contribution in [1.82, 2.24) is 21.1 Å². The van der Waals surface area contributed by atoms with Crippen LogP contribution in [0, 0.1) is 18.7 Å². The van der Waals surface area contributed by atoms with Crippen LogP contribution in [-0.4, -0.2) is 51.5 Å². The Hall–Kier alpha value is -3.30. The first-order valence-corrected chi connectivity index (χ1v) is 13.6. The summed E-state index contributed by atoms with van der Waals surface area (Å²) in [5.41, 5.74) is 7.46. The lowest BCUT2D eigenvalue weighted by atomic mass is 9.89. The van der Waals surface area contributed by atoms with Gasteiger partial charge in [0.2, 0.25) is 11.8 Å².